The van der Waals surface area contributed by atoms with E-state index in [0.29, 0.717) is 5.92 Å². The summed E-state index contributed by atoms with van der Waals surface area (Å²) < 4.78 is 0. The molecule has 1 saturated heterocycles. The second kappa shape index (κ2) is 4.33. The van der Waals surface area contributed by atoms with Gasteiger partial charge in [-0.05, 0) is 25.7 Å². The number of hydrogen-bond acceptors (Lipinski definition) is 2. The Kier molecular flexibility index (Phi) is 3.10. The van der Waals surface area contributed by atoms with Crippen LogP contribution in [-0.2, 0) is 0 Å². The predicted molar refractivity (Wildman–Crippen MR) is 56.7 cm³/mol. The van der Waals surface area contributed by atoms with Crippen molar-refractivity contribution in [2.45, 2.75) is 32.3 Å². The summed E-state index contributed by atoms with van der Waals surface area (Å²) in [7, 11) is 0. The number of nitrogens with zero attached hydrogens (tertiary/aromatic N) is 1. The van der Waals surface area contributed by atoms with Gasteiger partial charge in [-0.25, -0.2) is 0 Å². The lowest BCUT2D eigenvalue weighted by molar-refractivity contribution is 0.124. The molecule has 1 saturated carbocycles. The summed E-state index contributed by atoms with van der Waals surface area (Å²) in [5, 5.41) is 9.73. The van der Waals surface area contributed by atoms with Crippen molar-refractivity contribution in [2.75, 3.05) is 19.6 Å². The van der Waals surface area contributed by atoms with Gasteiger partial charge in [0.25, 0.3) is 0 Å². The molecule has 2 nitrogen and oxygen atoms in total. The van der Waals surface area contributed by atoms with Crippen LogP contribution in [0.25, 0.3) is 0 Å². The van der Waals surface area contributed by atoms with E-state index in [-0.39, 0.29) is 6.10 Å². The van der Waals surface area contributed by atoms with Gasteiger partial charge in [-0.15, -0.1) is 11.8 Å². The lowest BCUT2D eigenvalue weighted by atomic mass is 10.00. The Morgan fingerprint density at radius 1 is 1.36 bits per heavy atom. The van der Waals surface area contributed by atoms with Gasteiger partial charge in [0, 0.05) is 32.0 Å². The van der Waals surface area contributed by atoms with E-state index in [9.17, 15) is 5.11 Å². The first kappa shape index (κ1) is 10.0. The summed E-state index contributed by atoms with van der Waals surface area (Å²) in [5.74, 6) is 7.35. The third kappa shape index (κ3) is 1.94. The minimum atomic E-state index is -0.0257. The SMILES string of the molecule is CC#CCCN1CC2CCC(O)C2C1. The summed E-state index contributed by atoms with van der Waals surface area (Å²) in [6, 6.07) is 0. The molecule has 2 rings (SSSR count). The van der Waals surface area contributed by atoms with E-state index in [0.717, 1.165) is 31.8 Å². The molecule has 0 aromatic carbocycles. The van der Waals surface area contributed by atoms with Crippen molar-refractivity contribution in [3.63, 3.8) is 0 Å². The molecule has 0 bridgehead atoms. The summed E-state index contributed by atoms with van der Waals surface area (Å²) >= 11 is 0. The third-order valence-electron chi connectivity index (χ3n) is 3.62. The van der Waals surface area contributed by atoms with E-state index in [2.05, 4.69) is 16.7 Å². The quantitative estimate of drug-likeness (QED) is 0.664. The molecule has 1 aliphatic carbocycles. The van der Waals surface area contributed by atoms with Crippen LogP contribution in [0.3, 0.4) is 0 Å². The van der Waals surface area contributed by atoms with Crippen LogP contribution >= 0.6 is 0 Å². The topological polar surface area (TPSA) is 23.5 Å². The number of likely N-dealkylation sites (tertiary alicyclic amines) is 1. The highest BCUT2D eigenvalue weighted by Crippen LogP contribution is 2.37. The Balaban J connectivity index is 1.79. The van der Waals surface area contributed by atoms with Crippen molar-refractivity contribution < 1.29 is 5.11 Å². The van der Waals surface area contributed by atoms with Crippen LogP contribution in [0.15, 0.2) is 0 Å². The average Bonchev–Trinajstić information content (AvgIpc) is 2.70. The molecule has 0 aromatic heterocycles. The fourth-order valence-electron chi connectivity index (χ4n) is 2.85. The maximum atomic E-state index is 9.73. The van der Waals surface area contributed by atoms with Crippen LogP contribution in [0.1, 0.15) is 26.2 Å². The Morgan fingerprint density at radius 3 is 2.93 bits per heavy atom. The second-order valence-electron chi connectivity index (χ2n) is 4.50. The Morgan fingerprint density at radius 2 is 2.21 bits per heavy atom. The highest BCUT2D eigenvalue weighted by molar-refractivity contribution is 4.98. The van der Waals surface area contributed by atoms with Crippen LogP contribution in [-0.4, -0.2) is 35.7 Å². The van der Waals surface area contributed by atoms with E-state index < -0.39 is 0 Å². The maximum absolute atomic E-state index is 9.73. The van der Waals surface area contributed by atoms with Gasteiger partial charge in [-0.2, -0.15) is 0 Å². The van der Waals surface area contributed by atoms with Gasteiger partial charge in [0.05, 0.1) is 6.10 Å². The molecule has 14 heavy (non-hydrogen) atoms. The number of aliphatic hydroxyl groups excluding tert-OH is 1. The molecule has 1 N–H and O–H groups in total. The Hall–Kier alpha value is -0.520. The van der Waals surface area contributed by atoms with Gasteiger partial charge < -0.3 is 10.0 Å². The standard InChI is InChI=1S/C12H19NO/c1-2-3-4-7-13-8-10-5-6-12(14)11(10)9-13/h10-12,14H,4-9H2,1H3. The Labute approximate surface area is 86.3 Å². The molecule has 0 radical (unpaired) electrons. The van der Waals surface area contributed by atoms with Gasteiger partial charge in [0.15, 0.2) is 0 Å². The van der Waals surface area contributed by atoms with Crippen LogP contribution in [0.5, 0.6) is 0 Å². The summed E-state index contributed by atoms with van der Waals surface area (Å²) in [6.07, 6.45) is 3.20. The molecule has 2 aliphatic rings. The van der Waals surface area contributed by atoms with Crippen molar-refractivity contribution in [3.05, 3.63) is 0 Å². The smallest absolute Gasteiger partial charge is 0.0583 e. The molecular formula is C12H19NO. The summed E-state index contributed by atoms with van der Waals surface area (Å²) in [5.41, 5.74) is 0. The number of rotatable bonds is 2. The summed E-state index contributed by atoms with van der Waals surface area (Å²) in [4.78, 5) is 2.46. The first-order chi connectivity index (χ1) is 6.81. The number of aliphatic hydroxyl groups is 1. The summed E-state index contributed by atoms with van der Waals surface area (Å²) in [6.45, 7) is 5.26. The zero-order chi connectivity index (χ0) is 9.97. The average molecular weight is 193 g/mol. The molecular weight excluding hydrogens is 174 g/mol. The minimum Gasteiger partial charge on any atom is -0.393 e. The van der Waals surface area contributed by atoms with E-state index >= 15 is 0 Å². The molecule has 2 heteroatoms. The molecule has 2 fully saturated rings. The molecule has 3 atom stereocenters. The van der Waals surface area contributed by atoms with Crippen molar-refractivity contribution in [3.8, 4) is 11.8 Å². The molecule has 1 heterocycles. The van der Waals surface area contributed by atoms with Gasteiger partial charge in [0.2, 0.25) is 0 Å². The molecule has 0 amide bonds. The lowest BCUT2D eigenvalue weighted by Gasteiger charge is -2.16. The third-order valence-corrected chi connectivity index (χ3v) is 3.62. The van der Waals surface area contributed by atoms with Crippen LogP contribution in [0, 0.1) is 23.7 Å². The zero-order valence-corrected chi connectivity index (χ0v) is 8.87. The molecule has 78 valence electrons. The largest absolute Gasteiger partial charge is 0.393 e. The highest BCUT2D eigenvalue weighted by atomic mass is 16.3. The van der Waals surface area contributed by atoms with Gasteiger partial charge in [-0.1, -0.05) is 0 Å². The second-order valence-corrected chi connectivity index (χ2v) is 4.50. The number of hydrogen-bond donors (Lipinski definition) is 1. The fourth-order valence-corrected chi connectivity index (χ4v) is 2.85. The van der Waals surface area contributed by atoms with Crippen molar-refractivity contribution in [1.82, 2.24) is 4.90 Å². The van der Waals surface area contributed by atoms with Crippen LogP contribution in [0.4, 0.5) is 0 Å². The maximum Gasteiger partial charge on any atom is 0.0583 e. The molecule has 0 aromatic rings. The van der Waals surface area contributed by atoms with Crippen LogP contribution in [0.2, 0.25) is 0 Å². The van der Waals surface area contributed by atoms with E-state index in [4.69, 9.17) is 0 Å². The Bertz CT molecular complexity index is 253. The minimum absolute atomic E-state index is 0.0257. The highest BCUT2D eigenvalue weighted by Gasteiger charge is 2.41. The zero-order valence-electron chi connectivity index (χ0n) is 8.87. The molecule has 0 spiro atoms. The van der Waals surface area contributed by atoms with Crippen molar-refractivity contribution in [1.29, 1.82) is 0 Å². The first-order valence-electron chi connectivity index (χ1n) is 5.61. The van der Waals surface area contributed by atoms with E-state index in [1.807, 2.05) is 6.92 Å². The monoisotopic (exact) mass is 193 g/mol. The molecule has 3 unspecified atom stereocenters. The predicted octanol–water partition coefficient (Wildman–Crippen LogP) is 1.10. The van der Waals surface area contributed by atoms with Gasteiger partial charge in [-0.3, -0.25) is 0 Å². The lowest BCUT2D eigenvalue weighted by Crippen LogP contribution is -2.25. The molecule has 1 aliphatic heterocycles. The van der Waals surface area contributed by atoms with Gasteiger partial charge >= 0.3 is 0 Å². The van der Waals surface area contributed by atoms with Crippen LogP contribution < -0.4 is 0 Å². The van der Waals surface area contributed by atoms with Crippen molar-refractivity contribution >= 4 is 0 Å². The van der Waals surface area contributed by atoms with Crippen molar-refractivity contribution in [2.24, 2.45) is 11.8 Å². The van der Waals surface area contributed by atoms with Gasteiger partial charge in [0.1, 0.15) is 0 Å². The fraction of sp³-hybridized carbons (Fsp3) is 0.833. The van der Waals surface area contributed by atoms with E-state index in [1.165, 1.54) is 13.0 Å². The number of fused-ring (bicyclic) bond motifs is 1. The van der Waals surface area contributed by atoms with E-state index in [1.54, 1.807) is 0 Å². The first-order valence-corrected chi connectivity index (χ1v) is 5.61. The normalized spacial score (nSPS) is 36.6.